The third kappa shape index (κ3) is 4.52. The smallest absolute Gasteiger partial charge is 0.129 e. The van der Waals surface area contributed by atoms with E-state index in [1.165, 1.54) is 76.0 Å². The van der Waals surface area contributed by atoms with E-state index in [0.717, 1.165) is 11.5 Å². The molecule has 0 unspecified atom stereocenters. The summed E-state index contributed by atoms with van der Waals surface area (Å²) in [4.78, 5) is 0. The van der Waals surface area contributed by atoms with Crippen molar-refractivity contribution in [2.45, 2.75) is 71.1 Å². The van der Waals surface area contributed by atoms with Crippen LogP contribution in [0.1, 0.15) is 75.3 Å². The molecule has 0 atom stereocenters. The quantitative estimate of drug-likeness (QED) is 0.463. The highest BCUT2D eigenvalue weighted by Gasteiger charge is 2.22. The number of rotatable bonds is 6. The van der Waals surface area contributed by atoms with Crippen molar-refractivity contribution in [3.63, 3.8) is 0 Å². The van der Waals surface area contributed by atoms with E-state index in [9.17, 15) is 8.78 Å². The van der Waals surface area contributed by atoms with Gasteiger partial charge in [-0.05, 0) is 73.3 Å². The van der Waals surface area contributed by atoms with Crippen molar-refractivity contribution in [3.8, 4) is 11.1 Å². The van der Waals surface area contributed by atoms with Crippen LogP contribution in [0.4, 0.5) is 8.78 Å². The lowest BCUT2D eigenvalue weighted by molar-refractivity contribution is 0.303. The maximum Gasteiger partial charge on any atom is 0.129 e. The zero-order valence-electron chi connectivity index (χ0n) is 16.0. The minimum Gasteiger partial charge on any atom is -0.207 e. The molecule has 0 nitrogen and oxygen atoms in total. The fourth-order valence-corrected chi connectivity index (χ4v) is 4.23. The Balaban J connectivity index is 1.62. The lowest BCUT2D eigenvalue weighted by Crippen LogP contribution is -2.13. The van der Waals surface area contributed by atoms with Gasteiger partial charge in [-0.1, -0.05) is 56.9 Å². The third-order valence-electron chi connectivity index (χ3n) is 6.06. The summed E-state index contributed by atoms with van der Waals surface area (Å²) < 4.78 is 27.6. The van der Waals surface area contributed by atoms with E-state index < -0.39 is 11.6 Å². The molecule has 0 amide bonds. The zero-order valence-corrected chi connectivity index (χ0v) is 16.0. The number of halogens is 2. The Bertz CT molecular complexity index is 686. The molecule has 1 aliphatic carbocycles. The van der Waals surface area contributed by atoms with Crippen LogP contribution in [0.5, 0.6) is 0 Å². The molecule has 0 N–H and O–H groups in total. The molecule has 2 aromatic carbocycles. The van der Waals surface area contributed by atoms with Gasteiger partial charge in [0.25, 0.3) is 0 Å². The predicted octanol–water partition coefficient (Wildman–Crippen LogP) is 7.79. The van der Waals surface area contributed by atoms with E-state index in [2.05, 4.69) is 19.1 Å². The topological polar surface area (TPSA) is 0 Å². The fraction of sp³-hybridized carbons (Fsp3) is 0.500. The van der Waals surface area contributed by atoms with Crippen molar-refractivity contribution in [1.82, 2.24) is 0 Å². The predicted molar refractivity (Wildman–Crippen MR) is 105 cm³/mol. The second kappa shape index (κ2) is 8.79. The average Bonchev–Trinajstić information content (AvgIpc) is 2.67. The lowest BCUT2D eigenvalue weighted by atomic mass is 9.77. The van der Waals surface area contributed by atoms with Gasteiger partial charge in [0, 0.05) is 5.56 Å². The van der Waals surface area contributed by atoms with Crippen molar-refractivity contribution < 1.29 is 8.78 Å². The molecule has 2 aromatic rings. The second-order valence-electron chi connectivity index (χ2n) is 7.90. The molecule has 0 aromatic heterocycles. The molecule has 2 heteroatoms. The first kappa shape index (κ1) is 19.1. The van der Waals surface area contributed by atoms with E-state index in [1.807, 2.05) is 12.1 Å². The van der Waals surface area contributed by atoms with Crippen LogP contribution < -0.4 is 0 Å². The molecule has 140 valence electrons. The van der Waals surface area contributed by atoms with Gasteiger partial charge in [-0.15, -0.1) is 0 Å². The van der Waals surface area contributed by atoms with Crippen LogP contribution in [-0.4, -0.2) is 0 Å². The Labute approximate surface area is 156 Å². The van der Waals surface area contributed by atoms with Gasteiger partial charge in [0.1, 0.15) is 11.6 Å². The number of benzene rings is 2. The minimum absolute atomic E-state index is 0.0843. The molecule has 0 heterocycles. The fourth-order valence-electron chi connectivity index (χ4n) is 4.23. The SMILES string of the molecule is CCCCCC1CCC(c2ccc(-c3cc(F)c(C)c(F)c3)cc2)CC1. The summed E-state index contributed by atoms with van der Waals surface area (Å²) in [6.45, 7) is 3.73. The van der Waals surface area contributed by atoms with E-state index in [0.29, 0.717) is 11.5 Å². The summed E-state index contributed by atoms with van der Waals surface area (Å²) >= 11 is 0. The number of hydrogen-bond donors (Lipinski definition) is 0. The molecular formula is C24H30F2. The minimum atomic E-state index is -0.481. The molecule has 3 rings (SSSR count). The van der Waals surface area contributed by atoms with Crippen LogP contribution in [0.15, 0.2) is 36.4 Å². The first-order valence-electron chi connectivity index (χ1n) is 10.1. The molecular weight excluding hydrogens is 326 g/mol. The van der Waals surface area contributed by atoms with E-state index >= 15 is 0 Å². The highest BCUT2D eigenvalue weighted by molar-refractivity contribution is 5.64. The Morgan fingerprint density at radius 1 is 0.846 bits per heavy atom. The molecule has 1 fully saturated rings. The Morgan fingerprint density at radius 2 is 1.46 bits per heavy atom. The van der Waals surface area contributed by atoms with Gasteiger partial charge in [0.05, 0.1) is 0 Å². The summed E-state index contributed by atoms with van der Waals surface area (Å²) in [5.41, 5.74) is 2.94. The third-order valence-corrected chi connectivity index (χ3v) is 6.06. The number of hydrogen-bond acceptors (Lipinski definition) is 0. The summed E-state index contributed by atoms with van der Waals surface area (Å²) in [5, 5.41) is 0. The Morgan fingerprint density at radius 3 is 2.04 bits per heavy atom. The van der Waals surface area contributed by atoms with Gasteiger partial charge < -0.3 is 0 Å². The van der Waals surface area contributed by atoms with Crippen molar-refractivity contribution in [2.75, 3.05) is 0 Å². The van der Waals surface area contributed by atoms with Gasteiger partial charge in [0.15, 0.2) is 0 Å². The molecule has 0 spiro atoms. The van der Waals surface area contributed by atoms with E-state index in [-0.39, 0.29) is 5.56 Å². The standard InChI is InChI=1S/C24H30F2/c1-3-4-5-6-18-7-9-19(10-8-18)20-11-13-21(14-12-20)22-15-23(25)17(2)24(26)16-22/h11-16,18-19H,3-10H2,1-2H3. The largest absolute Gasteiger partial charge is 0.207 e. The van der Waals surface area contributed by atoms with Crippen molar-refractivity contribution in [2.24, 2.45) is 5.92 Å². The maximum atomic E-state index is 13.8. The van der Waals surface area contributed by atoms with Crippen molar-refractivity contribution in [3.05, 3.63) is 59.2 Å². The lowest BCUT2D eigenvalue weighted by Gasteiger charge is -2.29. The molecule has 1 aliphatic rings. The molecule has 0 saturated heterocycles. The van der Waals surface area contributed by atoms with Crippen molar-refractivity contribution in [1.29, 1.82) is 0 Å². The van der Waals surface area contributed by atoms with Gasteiger partial charge in [-0.3, -0.25) is 0 Å². The first-order chi connectivity index (χ1) is 12.6. The Kier molecular flexibility index (Phi) is 6.45. The van der Waals surface area contributed by atoms with Gasteiger partial charge >= 0.3 is 0 Å². The van der Waals surface area contributed by atoms with Crippen LogP contribution in [0.25, 0.3) is 11.1 Å². The summed E-state index contributed by atoms with van der Waals surface area (Å²) in [5.74, 6) is 0.587. The zero-order chi connectivity index (χ0) is 18.5. The van der Waals surface area contributed by atoms with Gasteiger partial charge in [-0.2, -0.15) is 0 Å². The maximum absolute atomic E-state index is 13.8. The highest BCUT2D eigenvalue weighted by atomic mass is 19.1. The van der Waals surface area contributed by atoms with E-state index in [4.69, 9.17) is 0 Å². The summed E-state index contributed by atoms with van der Waals surface area (Å²) in [7, 11) is 0. The van der Waals surface area contributed by atoms with Gasteiger partial charge in [-0.25, -0.2) is 8.78 Å². The van der Waals surface area contributed by atoms with Crippen LogP contribution in [0, 0.1) is 24.5 Å². The number of unbranched alkanes of at least 4 members (excludes halogenated alkanes) is 2. The first-order valence-corrected chi connectivity index (χ1v) is 10.1. The molecule has 0 radical (unpaired) electrons. The average molecular weight is 357 g/mol. The normalized spacial score (nSPS) is 20.3. The Hall–Kier alpha value is -1.70. The van der Waals surface area contributed by atoms with Crippen molar-refractivity contribution >= 4 is 0 Å². The second-order valence-corrected chi connectivity index (χ2v) is 7.90. The molecule has 0 bridgehead atoms. The monoisotopic (exact) mass is 356 g/mol. The van der Waals surface area contributed by atoms with Crippen LogP contribution >= 0.6 is 0 Å². The summed E-state index contributed by atoms with van der Waals surface area (Å²) in [6, 6.07) is 11.2. The van der Waals surface area contributed by atoms with E-state index in [1.54, 1.807) is 0 Å². The molecule has 26 heavy (non-hydrogen) atoms. The molecule has 0 aliphatic heterocycles. The van der Waals surface area contributed by atoms with Gasteiger partial charge in [0.2, 0.25) is 0 Å². The van der Waals surface area contributed by atoms with Crippen LogP contribution in [0.3, 0.4) is 0 Å². The van der Waals surface area contributed by atoms with Crippen LogP contribution in [0.2, 0.25) is 0 Å². The van der Waals surface area contributed by atoms with Crippen LogP contribution in [-0.2, 0) is 0 Å². The molecule has 1 saturated carbocycles. The highest BCUT2D eigenvalue weighted by Crippen LogP contribution is 2.38. The summed E-state index contributed by atoms with van der Waals surface area (Å²) in [6.07, 6.45) is 10.6.